The molecule has 5 heteroatoms. The Morgan fingerprint density at radius 3 is 2.64 bits per heavy atom. The Balaban J connectivity index is 2.97. The van der Waals surface area contributed by atoms with Crippen LogP contribution >= 0.6 is 0 Å². The molecule has 14 heavy (non-hydrogen) atoms. The largest absolute Gasteiger partial charge is 0.434 e. The van der Waals surface area contributed by atoms with Gasteiger partial charge in [0.25, 0.3) is 0 Å². The first-order chi connectivity index (χ1) is 6.65. The number of hydrogen-bond donors (Lipinski definition) is 1. The molecule has 0 unspecified atom stereocenters. The summed E-state index contributed by atoms with van der Waals surface area (Å²) in [6.07, 6.45) is 0. The van der Waals surface area contributed by atoms with Gasteiger partial charge in [-0.15, -0.1) is 0 Å². The van der Waals surface area contributed by atoms with Crippen LogP contribution in [-0.2, 0) is 0 Å². The molecule has 0 aliphatic heterocycles. The van der Waals surface area contributed by atoms with Crippen LogP contribution in [0, 0.1) is 0 Å². The van der Waals surface area contributed by atoms with E-state index < -0.39 is 12.4 Å². The van der Waals surface area contributed by atoms with Crippen molar-refractivity contribution in [1.82, 2.24) is 0 Å². The maximum atomic E-state index is 11.9. The van der Waals surface area contributed by atoms with Gasteiger partial charge in [-0.2, -0.15) is 8.78 Å². The molecule has 0 bridgehead atoms. The van der Waals surface area contributed by atoms with E-state index in [1.807, 2.05) is 0 Å². The molecule has 0 spiro atoms. The van der Waals surface area contributed by atoms with Gasteiger partial charge in [-0.05, 0) is 12.1 Å². The minimum Gasteiger partial charge on any atom is -0.434 e. The zero-order valence-corrected chi connectivity index (χ0v) is 7.24. The summed E-state index contributed by atoms with van der Waals surface area (Å²) in [6, 6.07) is 5.76. The van der Waals surface area contributed by atoms with Crippen LogP contribution in [0.5, 0.6) is 5.75 Å². The van der Waals surface area contributed by atoms with Gasteiger partial charge in [-0.1, -0.05) is 12.1 Å². The van der Waals surface area contributed by atoms with Gasteiger partial charge in [0.2, 0.25) is 0 Å². The summed E-state index contributed by atoms with van der Waals surface area (Å²) in [6.45, 7) is -3.18. The number of para-hydroxylation sites is 1. The van der Waals surface area contributed by atoms with E-state index in [1.54, 1.807) is 6.07 Å². The second kappa shape index (κ2) is 4.66. The zero-order chi connectivity index (χ0) is 10.6. The first kappa shape index (κ1) is 10.6. The van der Waals surface area contributed by atoms with Crippen molar-refractivity contribution >= 4 is 5.78 Å². The van der Waals surface area contributed by atoms with E-state index in [-0.39, 0.29) is 17.9 Å². The van der Waals surface area contributed by atoms with E-state index in [0.717, 1.165) is 0 Å². The van der Waals surface area contributed by atoms with Crippen molar-refractivity contribution in [3.63, 3.8) is 0 Å². The average molecular weight is 201 g/mol. The number of alkyl halides is 2. The molecule has 0 fully saturated rings. The molecule has 0 aromatic heterocycles. The Bertz CT molecular complexity index is 328. The summed E-state index contributed by atoms with van der Waals surface area (Å²) >= 11 is 0. The van der Waals surface area contributed by atoms with Crippen LogP contribution in [0.2, 0.25) is 0 Å². The van der Waals surface area contributed by atoms with E-state index in [9.17, 15) is 13.6 Å². The third-order valence-electron chi connectivity index (χ3n) is 1.59. The molecular weight excluding hydrogens is 192 g/mol. The first-order valence-corrected chi connectivity index (χ1v) is 3.92. The van der Waals surface area contributed by atoms with Gasteiger partial charge in [-0.3, -0.25) is 4.79 Å². The fourth-order valence-electron chi connectivity index (χ4n) is 1.01. The second-order valence-electron chi connectivity index (χ2n) is 2.50. The molecule has 2 N–H and O–H groups in total. The van der Waals surface area contributed by atoms with Crippen molar-refractivity contribution in [2.24, 2.45) is 5.73 Å². The van der Waals surface area contributed by atoms with Crippen molar-refractivity contribution in [2.75, 3.05) is 6.54 Å². The van der Waals surface area contributed by atoms with Gasteiger partial charge in [0.05, 0.1) is 12.1 Å². The fraction of sp³-hybridized carbons (Fsp3) is 0.222. The molecule has 0 amide bonds. The molecule has 1 rings (SSSR count). The quantitative estimate of drug-likeness (QED) is 0.749. The van der Waals surface area contributed by atoms with Gasteiger partial charge in [0.1, 0.15) is 5.75 Å². The number of benzene rings is 1. The van der Waals surface area contributed by atoms with Crippen LogP contribution < -0.4 is 10.5 Å². The lowest BCUT2D eigenvalue weighted by Crippen LogP contribution is -2.15. The summed E-state index contributed by atoms with van der Waals surface area (Å²) < 4.78 is 28.0. The number of Topliss-reactive ketones (excluding diaryl/α,β-unsaturated/α-hetero) is 1. The van der Waals surface area contributed by atoms with Crippen molar-refractivity contribution in [3.8, 4) is 5.75 Å². The number of carbonyl (C=O) groups excluding carboxylic acids is 1. The van der Waals surface area contributed by atoms with Crippen LogP contribution in [-0.4, -0.2) is 18.9 Å². The number of carbonyl (C=O) groups is 1. The number of ether oxygens (including phenoxy) is 1. The number of rotatable bonds is 4. The molecule has 0 atom stereocenters. The Morgan fingerprint density at radius 2 is 2.07 bits per heavy atom. The SMILES string of the molecule is NCC(=O)c1ccccc1OC(F)F. The second-order valence-corrected chi connectivity index (χ2v) is 2.50. The highest BCUT2D eigenvalue weighted by Gasteiger charge is 2.13. The normalized spacial score (nSPS) is 10.3. The number of nitrogens with two attached hydrogens (primary N) is 1. The summed E-state index contributed by atoms with van der Waals surface area (Å²) in [5.41, 5.74) is 5.19. The van der Waals surface area contributed by atoms with Gasteiger partial charge in [0, 0.05) is 0 Å². The van der Waals surface area contributed by atoms with Crippen LogP contribution in [0.15, 0.2) is 24.3 Å². The maximum absolute atomic E-state index is 11.9. The Kier molecular flexibility index (Phi) is 3.53. The summed E-state index contributed by atoms with van der Waals surface area (Å²) in [5, 5.41) is 0. The van der Waals surface area contributed by atoms with Gasteiger partial charge in [-0.25, -0.2) is 0 Å². The summed E-state index contributed by atoms with van der Waals surface area (Å²) in [7, 11) is 0. The topological polar surface area (TPSA) is 52.3 Å². The molecule has 0 saturated carbocycles. The Labute approximate surface area is 79.5 Å². The smallest absolute Gasteiger partial charge is 0.387 e. The lowest BCUT2D eigenvalue weighted by atomic mass is 10.1. The highest BCUT2D eigenvalue weighted by atomic mass is 19.3. The highest BCUT2D eigenvalue weighted by Crippen LogP contribution is 2.20. The van der Waals surface area contributed by atoms with Gasteiger partial charge in [0.15, 0.2) is 5.78 Å². The van der Waals surface area contributed by atoms with E-state index >= 15 is 0 Å². The van der Waals surface area contributed by atoms with E-state index in [1.165, 1.54) is 18.2 Å². The Morgan fingerprint density at radius 1 is 1.43 bits per heavy atom. The minimum absolute atomic E-state index is 0.0790. The van der Waals surface area contributed by atoms with Gasteiger partial charge >= 0.3 is 6.61 Å². The minimum atomic E-state index is -2.94. The third kappa shape index (κ3) is 2.50. The number of halogens is 2. The lowest BCUT2D eigenvalue weighted by Gasteiger charge is -2.08. The average Bonchev–Trinajstić information content (AvgIpc) is 2.16. The van der Waals surface area contributed by atoms with E-state index in [4.69, 9.17) is 5.73 Å². The molecule has 0 saturated heterocycles. The molecule has 0 aliphatic rings. The van der Waals surface area contributed by atoms with Gasteiger partial charge < -0.3 is 10.5 Å². The third-order valence-corrected chi connectivity index (χ3v) is 1.59. The summed E-state index contributed by atoms with van der Waals surface area (Å²) in [4.78, 5) is 11.2. The molecule has 0 heterocycles. The predicted octanol–water partition coefficient (Wildman–Crippen LogP) is 1.43. The monoisotopic (exact) mass is 201 g/mol. The molecule has 1 aromatic carbocycles. The number of hydrogen-bond acceptors (Lipinski definition) is 3. The van der Waals surface area contributed by atoms with Crippen LogP contribution in [0.4, 0.5) is 8.78 Å². The standard InChI is InChI=1S/C9H9F2NO2/c10-9(11)14-8-4-2-1-3-6(8)7(13)5-12/h1-4,9H,5,12H2. The number of ketones is 1. The first-order valence-electron chi connectivity index (χ1n) is 3.92. The fourth-order valence-corrected chi connectivity index (χ4v) is 1.01. The molecule has 1 aromatic rings. The Hall–Kier alpha value is -1.49. The van der Waals surface area contributed by atoms with Crippen molar-refractivity contribution in [1.29, 1.82) is 0 Å². The lowest BCUT2D eigenvalue weighted by molar-refractivity contribution is -0.0501. The van der Waals surface area contributed by atoms with E-state index in [0.29, 0.717) is 0 Å². The molecular formula is C9H9F2NO2. The molecule has 76 valence electrons. The van der Waals surface area contributed by atoms with E-state index in [2.05, 4.69) is 4.74 Å². The van der Waals surface area contributed by atoms with Crippen LogP contribution in [0.1, 0.15) is 10.4 Å². The molecule has 0 aliphatic carbocycles. The van der Waals surface area contributed by atoms with Crippen LogP contribution in [0.3, 0.4) is 0 Å². The highest BCUT2D eigenvalue weighted by molar-refractivity contribution is 5.99. The summed E-state index contributed by atoms with van der Waals surface area (Å²) in [5.74, 6) is -0.570. The predicted molar refractivity (Wildman–Crippen MR) is 46.5 cm³/mol. The van der Waals surface area contributed by atoms with Crippen molar-refractivity contribution < 1.29 is 18.3 Å². The van der Waals surface area contributed by atoms with Crippen molar-refractivity contribution in [3.05, 3.63) is 29.8 Å². The maximum Gasteiger partial charge on any atom is 0.387 e. The van der Waals surface area contributed by atoms with Crippen molar-refractivity contribution in [2.45, 2.75) is 6.61 Å². The van der Waals surface area contributed by atoms with Crippen LogP contribution in [0.25, 0.3) is 0 Å². The molecule has 0 radical (unpaired) electrons. The molecule has 3 nitrogen and oxygen atoms in total. The zero-order valence-electron chi connectivity index (χ0n) is 7.24.